The van der Waals surface area contributed by atoms with Crippen molar-refractivity contribution >= 4 is 28.3 Å². The minimum Gasteiger partial charge on any atom is -0.491 e. The molecule has 0 unspecified atom stereocenters. The van der Waals surface area contributed by atoms with E-state index in [0.29, 0.717) is 47.1 Å². The largest absolute Gasteiger partial charge is 0.573 e. The molecule has 0 amide bonds. The van der Waals surface area contributed by atoms with Crippen LogP contribution in [0.2, 0.25) is 5.02 Å². The van der Waals surface area contributed by atoms with Gasteiger partial charge >= 0.3 is 6.36 Å². The summed E-state index contributed by atoms with van der Waals surface area (Å²) in [7, 11) is 0. The lowest BCUT2D eigenvalue weighted by atomic mass is 10.0. The molecule has 172 valence electrons. The fourth-order valence-corrected chi connectivity index (χ4v) is 3.33. The van der Waals surface area contributed by atoms with Crippen LogP contribution < -0.4 is 9.47 Å². The van der Waals surface area contributed by atoms with Crippen molar-refractivity contribution < 1.29 is 32.2 Å². The van der Waals surface area contributed by atoms with Gasteiger partial charge in [-0.15, -0.1) is 13.2 Å². The Balaban J connectivity index is 1.74. The number of alkyl halides is 3. The molecule has 2 aromatic carbocycles. The summed E-state index contributed by atoms with van der Waals surface area (Å²) in [6, 6.07) is 8.79. The minimum absolute atomic E-state index is 0.0134. The third kappa shape index (κ3) is 6.64. The predicted octanol–water partition coefficient (Wildman–Crippen LogP) is 6.34. The number of hydrogen-bond donors (Lipinski definition) is 1. The van der Waals surface area contributed by atoms with E-state index in [1.807, 2.05) is 0 Å². The summed E-state index contributed by atoms with van der Waals surface area (Å²) >= 11 is 6.08. The lowest BCUT2D eigenvalue weighted by molar-refractivity contribution is -0.274. The average molecular weight is 470 g/mol. The third-order valence-corrected chi connectivity index (χ3v) is 4.93. The van der Waals surface area contributed by atoms with Crippen molar-refractivity contribution in [2.75, 3.05) is 19.8 Å². The quantitative estimate of drug-likeness (QED) is 0.263. The zero-order valence-corrected chi connectivity index (χ0v) is 18.2. The first kappa shape index (κ1) is 23.9. The fraction of sp³-hybridized carbons (Fsp3) is 0.348. The minimum atomic E-state index is -4.82. The van der Waals surface area contributed by atoms with Crippen molar-refractivity contribution in [3.63, 3.8) is 0 Å². The number of hydrogen-bond acceptors (Lipinski definition) is 4. The van der Waals surface area contributed by atoms with E-state index < -0.39 is 12.1 Å². The number of H-pyrrole nitrogens is 1. The van der Waals surface area contributed by atoms with Crippen molar-refractivity contribution in [3.05, 3.63) is 58.7 Å². The molecule has 0 fully saturated rings. The number of halogens is 4. The molecule has 0 aliphatic rings. The number of carbonyl (C=O) groups is 1. The number of nitrogens with one attached hydrogen (secondary N) is 1. The summed E-state index contributed by atoms with van der Waals surface area (Å²) < 4.78 is 52.9. The molecule has 1 heterocycles. The maximum atomic E-state index is 13.0. The molecule has 5 nitrogen and oxygen atoms in total. The van der Waals surface area contributed by atoms with Crippen LogP contribution in [0.1, 0.15) is 35.7 Å². The number of aromatic nitrogens is 1. The summed E-state index contributed by atoms with van der Waals surface area (Å²) in [6.07, 6.45) is -1.34. The van der Waals surface area contributed by atoms with E-state index >= 15 is 0 Å². The molecule has 9 heteroatoms. The normalized spacial score (nSPS) is 11.7. The van der Waals surface area contributed by atoms with Crippen LogP contribution in [0.15, 0.2) is 42.6 Å². The molecule has 3 rings (SSSR count). The lowest BCUT2D eigenvalue weighted by Gasteiger charge is -2.12. The van der Waals surface area contributed by atoms with Gasteiger partial charge in [-0.1, -0.05) is 31.0 Å². The van der Waals surface area contributed by atoms with Crippen LogP contribution in [-0.2, 0) is 11.2 Å². The number of ketones is 1. The highest BCUT2D eigenvalue weighted by atomic mass is 35.5. The Morgan fingerprint density at radius 3 is 2.66 bits per heavy atom. The summed E-state index contributed by atoms with van der Waals surface area (Å²) in [5.74, 6) is -0.213. The maximum absolute atomic E-state index is 13.0. The number of unbranched alkanes of at least 4 members (excludes halogenated alkanes) is 1. The SMILES string of the molecule is CCCCOCCOc1cc(Cl)ccc1CC(=O)c1c[nH]c2ccc(OC(F)(F)F)cc12. The maximum Gasteiger partial charge on any atom is 0.573 e. The Morgan fingerprint density at radius 1 is 1.09 bits per heavy atom. The van der Waals surface area contributed by atoms with Crippen molar-refractivity contribution in [3.8, 4) is 11.5 Å². The molecule has 0 saturated carbocycles. The van der Waals surface area contributed by atoms with Crippen LogP contribution >= 0.6 is 11.6 Å². The van der Waals surface area contributed by atoms with Gasteiger partial charge in [0.1, 0.15) is 18.1 Å². The van der Waals surface area contributed by atoms with Gasteiger partial charge in [-0.2, -0.15) is 0 Å². The Morgan fingerprint density at radius 2 is 1.91 bits per heavy atom. The Hall–Kier alpha value is -2.71. The number of benzene rings is 2. The van der Waals surface area contributed by atoms with Gasteiger partial charge in [0.2, 0.25) is 0 Å². The molecule has 0 bridgehead atoms. The van der Waals surface area contributed by atoms with Crippen molar-refractivity contribution in [1.82, 2.24) is 4.98 Å². The van der Waals surface area contributed by atoms with E-state index in [1.165, 1.54) is 24.4 Å². The molecule has 0 atom stereocenters. The van der Waals surface area contributed by atoms with Crippen LogP contribution in [0.3, 0.4) is 0 Å². The molecule has 0 radical (unpaired) electrons. The smallest absolute Gasteiger partial charge is 0.491 e. The summed E-state index contributed by atoms with van der Waals surface area (Å²) in [4.78, 5) is 15.9. The molecular formula is C23H23ClF3NO4. The molecule has 3 aromatic rings. The van der Waals surface area contributed by atoms with Gasteiger partial charge in [-0.3, -0.25) is 4.79 Å². The van der Waals surface area contributed by atoms with Gasteiger partial charge < -0.3 is 19.2 Å². The zero-order valence-electron chi connectivity index (χ0n) is 17.4. The number of fused-ring (bicyclic) bond motifs is 1. The van der Waals surface area contributed by atoms with Crippen molar-refractivity contribution in [2.24, 2.45) is 0 Å². The number of Topliss-reactive ketones (excluding diaryl/α,β-unsaturated/α-hetero) is 1. The molecule has 1 aromatic heterocycles. The summed E-state index contributed by atoms with van der Waals surface area (Å²) in [5, 5.41) is 0.807. The van der Waals surface area contributed by atoms with E-state index in [9.17, 15) is 18.0 Å². The molecule has 0 saturated heterocycles. The molecule has 0 aliphatic carbocycles. The van der Waals surface area contributed by atoms with Crippen LogP contribution in [-0.4, -0.2) is 37.0 Å². The highest BCUT2D eigenvalue weighted by molar-refractivity contribution is 6.30. The molecule has 1 N–H and O–H groups in total. The molecule has 0 spiro atoms. The Bertz CT molecular complexity index is 1070. The van der Waals surface area contributed by atoms with E-state index in [4.69, 9.17) is 21.1 Å². The van der Waals surface area contributed by atoms with Gasteiger partial charge in [0, 0.05) is 46.3 Å². The topological polar surface area (TPSA) is 60.5 Å². The summed E-state index contributed by atoms with van der Waals surface area (Å²) in [6.45, 7) is 3.44. The third-order valence-electron chi connectivity index (χ3n) is 4.69. The lowest BCUT2D eigenvalue weighted by Crippen LogP contribution is -2.17. The second kappa shape index (κ2) is 10.7. The molecule has 32 heavy (non-hydrogen) atoms. The Labute approximate surface area is 188 Å². The molecular weight excluding hydrogens is 447 g/mol. The monoisotopic (exact) mass is 469 g/mol. The second-order valence-electron chi connectivity index (χ2n) is 7.12. The van der Waals surface area contributed by atoms with Crippen LogP contribution in [0.25, 0.3) is 10.9 Å². The van der Waals surface area contributed by atoms with Gasteiger partial charge in [0.25, 0.3) is 0 Å². The Kier molecular flexibility index (Phi) is 8.04. The van der Waals surface area contributed by atoms with Gasteiger partial charge in [-0.25, -0.2) is 0 Å². The number of rotatable bonds is 11. The summed E-state index contributed by atoms with van der Waals surface area (Å²) in [5.41, 5.74) is 1.40. The van der Waals surface area contributed by atoms with Gasteiger partial charge in [0.05, 0.1) is 6.61 Å². The van der Waals surface area contributed by atoms with Crippen molar-refractivity contribution in [2.45, 2.75) is 32.5 Å². The first-order chi connectivity index (χ1) is 15.3. The van der Waals surface area contributed by atoms with Crippen molar-refractivity contribution in [1.29, 1.82) is 0 Å². The van der Waals surface area contributed by atoms with E-state index in [2.05, 4.69) is 16.6 Å². The highest BCUT2D eigenvalue weighted by Gasteiger charge is 2.31. The zero-order chi connectivity index (χ0) is 23.1. The highest BCUT2D eigenvalue weighted by Crippen LogP contribution is 2.30. The van der Waals surface area contributed by atoms with Crippen LogP contribution in [0.5, 0.6) is 11.5 Å². The second-order valence-corrected chi connectivity index (χ2v) is 7.56. The van der Waals surface area contributed by atoms with E-state index in [-0.39, 0.29) is 17.8 Å². The van der Waals surface area contributed by atoms with Crippen LogP contribution in [0.4, 0.5) is 13.2 Å². The van der Waals surface area contributed by atoms with E-state index in [0.717, 1.165) is 12.8 Å². The fourth-order valence-electron chi connectivity index (χ4n) is 3.16. The number of carbonyl (C=O) groups excluding carboxylic acids is 1. The first-order valence-corrected chi connectivity index (χ1v) is 10.5. The molecule has 0 aliphatic heterocycles. The number of aromatic amines is 1. The standard InChI is InChI=1S/C23H23ClF3NO4/c1-2-3-8-30-9-10-31-22-12-16(24)5-4-15(22)11-21(29)19-14-28-20-7-6-17(13-18(19)20)32-23(25,26)27/h4-7,12-14,28H,2-3,8-11H2,1H3. The van der Waals surface area contributed by atoms with Crippen LogP contribution in [0, 0.1) is 0 Å². The van der Waals surface area contributed by atoms with Gasteiger partial charge in [-0.05, 0) is 36.8 Å². The van der Waals surface area contributed by atoms with Gasteiger partial charge in [0.15, 0.2) is 5.78 Å². The predicted molar refractivity (Wildman–Crippen MR) is 116 cm³/mol. The van der Waals surface area contributed by atoms with E-state index in [1.54, 1.807) is 18.2 Å². The average Bonchev–Trinajstić information content (AvgIpc) is 3.14. The number of ether oxygens (including phenoxy) is 3. The first-order valence-electron chi connectivity index (χ1n) is 10.2.